The van der Waals surface area contributed by atoms with E-state index in [4.69, 9.17) is 0 Å². The van der Waals surface area contributed by atoms with Crippen molar-refractivity contribution in [2.45, 2.75) is 19.3 Å². The van der Waals surface area contributed by atoms with Crippen molar-refractivity contribution < 1.29 is 0 Å². The van der Waals surface area contributed by atoms with E-state index in [0.717, 1.165) is 5.92 Å². The third-order valence-electron chi connectivity index (χ3n) is 4.50. The lowest BCUT2D eigenvalue weighted by Gasteiger charge is -2.38. The Bertz CT molecular complexity index is 521. The second-order valence-corrected chi connectivity index (χ2v) is 5.63. The van der Waals surface area contributed by atoms with Crippen molar-refractivity contribution in [1.29, 1.82) is 0 Å². The minimum atomic E-state index is 0.527. The molecule has 0 heteroatoms. The van der Waals surface area contributed by atoms with Crippen LogP contribution >= 0.6 is 0 Å². The van der Waals surface area contributed by atoms with Crippen LogP contribution in [0, 0.1) is 30.6 Å². The number of rotatable bonds is 0. The van der Waals surface area contributed by atoms with Gasteiger partial charge in [-0.1, -0.05) is 48.1 Å². The molecule has 1 aromatic rings. The van der Waals surface area contributed by atoms with Crippen molar-refractivity contribution in [2.75, 3.05) is 0 Å². The number of allylic oxidation sites excluding steroid dienone is 4. The molecular weight excluding hydrogens is 216 g/mol. The van der Waals surface area contributed by atoms with Crippen LogP contribution in [0.25, 0.3) is 0 Å². The van der Waals surface area contributed by atoms with Gasteiger partial charge in [-0.3, -0.25) is 0 Å². The zero-order valence-corrected chi connectivity index (χ0v) is 10.4. The summed E-state index contributed by atoms with van der Waals surface area (Å²) in [5, 5.41) is 0. The Morgan fingerprint density at radius 2 is 2.11 bits per heavy atom. The molecule has 0 saturated heterocycles. The van der Waals surface area contributed by atoms with E-state index in [1.54, 1.807) is 0 Å². The maximum Gasteiger partial charge on any atom is 0.0460 e. The van der Waals surface area contributed by atoms with Gasteiger partial charge in [-0.05, 0) is 48.1 Å². The largest absolute Gasteiger partial charge is 0.0876 e. The van der Waals surface area contributed by atoms with Crippen LogP contribution in [0.2, 0.25) is 0 Å². The molecule has 0 heterocycles. The zero-order valence-electron chi connectivity index (χ0n) is 10.4. The molecule has 0 fully saturated rings. The Kier molecular flexibility index (Phi) is 2.43. The van der Waals surface area contributed by atoms with Crippen molar-refractivity contribution in [3.63, 3.8) is 0 Å². The first-order chi connectivity index (χ1) is 8.90. The molecule has 0 N–H and O–H groups in total. The molecule has 1 aromatic carbocycles. The van der Waals surface area contributed by atoms with Crippen LogP contribution < -0.4 is 0 Å². The van der Waals surface area contributed by atoms with Gasteiger partial charge in [0.2, 0.25) is 0 Å². The summed E-state index contributed by atoms with van der Waals surface area (Å²) in [6.45, 7) is 0. The van der Waals surface area contributed by atoms with E-state index in [-0.39, 0.29) is 0 Å². The van der Waals surface area contributed by atoms with Crippen molar-refractivity contribution in [3.05, 3.63) is 72.0 Å². The lowest BCUT2D eigenvalue weighted by molar-refractivity contribution is 0.318. The van der Waals surface area contributed by atoms with Gasteiger partial charge in [0.1, 0.15) is 0 Å². The van der Waals surface area contributed by atoms with E-state index in [2.05, 4.69) is 55.3 Å². The fourth-order valence-corrected chi connectivity index (χ4v) is 3.53. The van der Waals surface area contributed by atoms with E-state index >= 15 is 0 Å². The predicted octanol–water partition coefficient (Wildman–Crippen LogP) is 3.89. The second kappa shape index (κ2) is 4.12. The first-order valence-corrected chi connectivity index (χ1v) is 6.88. The highest BCUT2D eigenvalue weighted by molar-refractivity contribution is 5.47. The zero-order chi connectivity index (χ0) is 11.9. The Labute approximate surface area is 109 Å². The minimum Gasteiger partial charge on any atom is -0.0876 e. The maximum atomic E-state index is 3.63. The molecule has 0 bridgehead atoms. The summed E-state index contributed by atoms with van der Waals surface area (Å²) < 4.78 is 0. The fraction of sp³-hybridized carbons (Fsp3) is 0.333. The molecule has 0 spiro atoms. The average Bonchev–Trinajstić information content (AvgIpc) is 2.42. The number of benzene rings is 1. The van der Waals surface area contributed by atoms with Crippen LogP contribution in [0.1, 0.15) is 24.0 Å². The number of hydrogen-bond acceptors (Lipinski definition) is 0. The standard InChI is InChI=1S/C18H16/c1-2-6-14-10-18-12-16-8-4-3-7-15(16)11-17(18)9-13(14)5-1/h1-6,12,15-17H,7,9,11H2. The Hall–Kier alpha value is -1.30. The van der Waals surface area contributed by atoms with Gasteiger partial charge in [0, 0.05) is 12.8 Å². The van der Waals surface area contributed by atoms with E-state index in [9.17, 15) is 0 Å². The summed E-state index contributed by atoms with van der Waals surface area (Å²) >= 11 is 0. The summed E-state index contributed by atoms with van der Waals surface area (Å²) in [5.41, 5.74) is 4.19. The van der Waals surface area contributed by atoms with Gasteiger partial charge in [0.15, 0.2) is 0 Å². The van der Waals surface area contributed by atoms with Crippen LogP contribution in [0.4, 0.5) is 0 Å². The molecule has 0 aliphatic heterocycles. The molecule has 4 rings (SSSR count). The molecule has 3 unspecified atom stereocenters. The molecule has 0 saturated carbocycles. The number of hydrogen-bond donors (Lipinski definition) is 0. The van der Waals surface area contributed by atoms with Crippen LogP contribution in [0.5, 0.6) is 0 Å². The highest BCUT2D eigenvalue weighted by atomic mass is 14.4. The summed E-state index contributed by atoms with van der Waals surface area (Å²) in [4.78, 5) is 0. The van der Waals surface area contributed by atoms with Gasteiger partial charge >= 0.3 is 0 Å². The second-order valence-electron chi connectivity index (χ2n) is 5.63. The van der Waals surface area contributed by atoms with Crippen molar-refractivity contribution in [1.82, 2.24) is 0 Å². The van der Waals surface area contributed by atoms with E-state index in [1.165, 1.54) is 36.0 Å². The van der Waals surface area contributed by atoms with E-state index in [0.29, 0.717) is 11.8 Å². The fourth-order valence-electron chi connectivity index (χ4n) is 3.53. The number of fused-ring (bicyclic) bond motifs is 3. The van der Waals surface area contributed by atoms with Gasteiger partial charge in [0.05, 0.1) is 0 Å². The Balaban J connectivity index is 1.69. The monoisotopic (exact) mass is 232 g/mol. The summed E-state index contributed by atoms with van der Waals surface area (Å²) in [6.07, 6.45) is 17.6. The summed E-state index contributed by atoms with van der Waals surface area (Å²) in [5.74, 6) is 1.99. The first-order valence-electron chi connectivity index (χ1n) is 6.88. The highest BCUT2D eigenvalue weighted by Crippen LogP contribution is 2.44. The third kappa shape index (κ3) is 1.67. The predicted molar refractivity (Wildman–Crippen MR) is 72.7 cm³/mol. The molecule has 0 amide bonds. The molecule has 3 aliphatic rings. The van der Waals surface area contributed by atoms with Crippen molar-refractivity contribution >= 4 is 0 Å². The van der Waals surface area contributed by atoms with E-state index in [1.807, 2.05) is 0 Å². The van der Waals surface area contributed by atoms with Gasteiger partial charge in [-0.15, -0.1) is 0 Å². The molecule has 3 aliphatic carbocycles. The molecule has 3 atom stereocenters. The quantitative estimate of drug-likeness (QED) is 0.636. The molecule has 0 aromatic heterocycles. The minimum absolute atomic E-state index is 0.527. The van der Waals surface area contributed by atoms with Gasteiger partial charge in [0.25, 0.3) is 0 Å². The van der Waals surface area contributed by atoms with Crippen molar-refractivity contribution in [2.24, 2.45) is 17.8 Å². The molecule has 0 nitrogen and oxygen atoms in total. The molecule has 88 valence electrons. The van der Waals surface area contributed by atoms with Gasteiger partial charge < -0.3 is 0 Å². The third-order valence-corrected chi connectivity index (χ3v) is 4.50. The van der Waals surface area contributed by atoms with Crippen LogP contribution in [0.15, 0.2) is 48.1 Å². The summed E-state index contributed by atoms with van der Waals surface area (Å²) in [7, 11) is 0. The van der Waals surface area contributed by atoms with Crippen LogP contribution in [-0.2, 0) is 6.42 Å². The van der Waals surface area contributed by atoms with Gasteiger partial charge in [-0.2, -0.15) is 0 Å². The van der Waals surface area contributed by atoms with Crippen LogP contribution in [0.3, 0.4) is 0 Å². The lowest BCUT2D eigenvalue weighted by Crippen LogP contribution is -2.29. The average molecular weight is 232 g/mol. The topological polar surface area (TPSA) is 0 Å². The smallest absolute Gasteiger partial charge is 0.0460 e. The highest BCUT2D eigenvalue weighted by Gasteiger charge is 2.34. The van der Waals surface area contributed by atoms with Crippen LogP contribution in [-0.4, -0.2) is 0 Å². The molecule has 4 radical (unpaired) electrons. The summed E-state index contributed by atoms with van der Waals surface area (Å²) in [6, 6.07) is 8.70. The molecular formula is C18H16. The van der Waals surface area contributed by atoms with Gasteiger partial charge in [-0.25, -0.2) is 0 Å². The Morgan fingerprint density at radius 3 is 3.11 bits per heavy atom. The normalized spacial score (nSPS) is 33.1. The maximum absolute atomic E-state index is 3.63. The molecule has 18 heavy (non-hydrogen) atoms. The SMILES string of the molecule is [C]1C2=CC3[C]C=CCC3CC2Cc2ccccc21. The van der Waals surface area contributed by atoms with E-state index < -0.39 is 0 Å². The van der Waals surface area contributed by atoms with Crippen molar-refractivity contribution in [3.8, 4) is 0 Å². The first kappa shape index (κ1) is 10.6. The Morgan fingerprint density at radius 1 is 1.17 bits per heavy atom. The lowest BCUT2D eigenvalue weighted by atomic mass is 9.66.